The summed E-state index contributed by atoms with van der Waals surface area (Å²) >= 11 is 0. The summed E-state index contributed by atoms with van der Waals surface area (Å²) in [4.78, 5) is 19.5. The number of amides is 1. The van der Waals surface area contributed by atoms with E-state index in [0.717, 1.165) is 12.5 Å². The maximum absolute atomic E-state index is 11.7. The number of piperidine rings is 1. The lowest BCUT2D eigenvalue weighted by Crippen LogP contribution is -2.50. The Kier molecular flexibility index (Phi) is 6.98. The number of hydrogen-bond donors (Lipinski definition) is 1. The molecule has 0 atom stereocenters. The molecule has 1 aliphatic carbocycles. The Balaban J connectivity index is 1.25. The van der Waals surface area contributed by atoms with E-state index in [2.05, 4.69) is 27.1 Å². The zero-order chi connectivity index (χ0) is 18.6. The van der Waals surface area contributed by atoms with Gasteiger partial charge in [-0.25, -0.2) is 0 Å². The van der Waals surface area contributed by atoms with Crippen molar-refractivity contribution in [3.05, 3.63) is 0 Å². The van der Waals surface area contributed by atoms with E-state index >= 15 is 0 Å². The molecule has 26 heavy (non-hydrogen) atoms. The van der Waals surface area contributed by atoms with Crippen LogP contribution in [0.1, 0.15) is 46.0 Å². The first kappa shape index (κ1) is 20.1. The Morgan fingerprint density at radius 3 is 2.15 bits per heavy atom. The van der Waals surface area contributed by atoms with E-state index in [1.165, 1.54) is 84.5 Å². The van der Waals surface area contributed by atoms with Gasteiger partial charge in [-0.2, -0.15) is 0 Å². The molecule has 0 aromatic rings. The summed E-state index contributed by atoms with van der Waals surface area (Å²) in [6.07, 6.45) is 6.73. The Morgan fingerprint density at radius 1 is 1.00 bits per heavy atom. The monoisotopic (exact) mass is 364 g/mol. The molecule has 3 rings (SSSR count). The van der Waals surface area contributed by atoms with Crippen molar-refractivity contribution in [1.82, 2.24) is 20.0 Å². The number of likely N-dealkylation sites (N-methyl/N-ethyl adjacent to an activating group) is 1. The summed E-state index contributed by atoms with van der Waals surface area (Å²) in [5, 5.41) is 3.12. The van der Waals surface area contributed by atoms with Crippen molar-refractivity contribution < 1.29 is 4.79 Å². The summed E-state index contributed by atoms with van der Waals surface area (Å²) < 4.78 is 0. The third-order valence-corrected chi connectivity index (χ3v) is 6.99. The number of rotatable bonds is 7. The summed E-state index contributed by atoms with van der Waals surface area (Å²) in [6.45, 7) is 14.9. The molecule has 3 fully saturated rings. The van der Waals surface area contributed by atoms with Crippen LogP contribution in [0.25, 0.3) is 0 Å². The third-order valence-electron chi connectivity index (χ3n) is 6.99. The van der Waals surface area contributed by atoms with Crippen LogP contribution in [-0.2, 0) is 4.79 Å². The fourth-order valence-corrected chi connectivity index (χ4v) is 5.01. The molecule has 5 nitrogen and oxygen atoms in total. The molecule has 0 aromatic heterocycles. The van der Waals surface area contributed by atoms with Crippen molar-refractivity contribution >= 4 is 5.91 Å². The van der Waals surface area contributed by atoms with Crippen LogP contribution in [0.3, 0.4) is 0 Å². The first-order valence-corrected chi connectivity index (χ1v) is 10.9. The predicted molar refractivity (Wildman–Crippen MR) is 107 cm³/mol. The number of piperazine rings is 1. The van der Waals surface area contributed by atoms with Crippen LogP contribution < -0.4 is 5.32 Å². The van der Waals surface area contributed by atoms with Gasteiger partial charge in [0.05, 0.1) is 0 Å². The molecule has 1 amide bonds. The van der Waals surface area contributed by atoms with Gasteiger partial charge >= 0.3 is 0 Å². The Labute approximate surface area is 160 Å². The van der Waals surface area contributed by atoms with Gasteiger partial charge in [-0.15, -0.1) is 0 Å². The topological polar surface area (TPSA) is 38.8 Å². The molecule has 0 bridgehead atoms. The molecule has 3 aliphatic rings. The standard InChI is InChI=1S/C21H40N4O/c1-18(2)20(26)22-17-19-15-21(16-19)5-9-24(10-6-21)7-4-8-25-13-11-23(3)12-14-25/h18-19H,4-17H2,1-3H3,(H,22,26). The van der Waals surface area contributed by atoms with E-state index in [4.69, 9.17) is 0 Å². The normalized spacial score (nSPS) is 25.5. The van der Waals surface area contributed by atoms with Gasteiger partial charge in [-0.05, 0) is 76.7 Å². The summed E-state index contributed by atoms with van der Waals surface area (Å²) in [7, 11) is 2.23. The minimum atomic E-state index is 0.109. The average Bonchev–Trinajstić information content (AvgIpc) is 2.60. The molecule has 1 N–H and O–H groups in total. The molecule has 2 aliphatic heterocycles. The zero-order valence-corrected chi connectivity index (χ0v) is 17.3. The van der Waals surface area contributed by atoms with Crippen LogP contribution in [0.15, 0.2) is 0 Å². The highest BCUT2D eigenvalue weighted by atomic mass is 16.1. The smallest absolute Gasteiger partial charge is 0.222 e. The van der Waals surface area contributed by atoms with Crippen molar-refractivity contribution in [2.24, 2.45) is 17.3 Å². The van der Waals surface area contributed by atoms with Gasteiger partial charge in [0.25, 0.3) is 0 Å². The molecule has 2 saturated heterocycles. The van der Waals surface area contributed by atoms with Gasteiger partial charge < -0.3 is 20.0 Å². The minimum Gasteiger partial charge on any atom is -0.356 e. The second-order valence-electron chi connectivity index (χ2n) is 9.51. The van der Waals surface area contributed by atoms with Crippen LogP contribution in [0.5, 0.6) is 0 Å². The molecule has 1 saturated carbocycles. The van der Waals surface area contributed by atoms with Crippen LogP contribution >= 0.6 is 0 Å². The van der Waals surface area contributed by atoms with Gasteiger partial charge in [0.2, 0.25) is 5.91 Å². The number of nitrogens with one attached hydrogen (secondary N) is 1. The molecule has 0 aromatic carbocycles. The van der Waals surface area contributed by atoms with E-state index in [0.29, 0.717) is 5.41 Å². The lowest BCUT2D eigenvalue weighted by atomic mass is 9.57. The first-order valence-electron chi connectivity index (χ1n) is 10.9. The second-order valence-corrected chi connectivity index (χ2v) is 9.51. The Bertz CT molecular complexity index is 443. The highest BCUT2D eigenvalue weighted by Gasteiger charge is 2.45. The molecular formula is C21H40N4O. The fraction of sp³-hybridized carbons (Fsp3) is 0.952. The van der Waals surface area contributed by atoms with Crippen LogP contribution in [0, 0.1) is 17.3 Å². The molecule has 0 unspecified atom stereocenters. The van der Waals surface area contributed by atoms with Gasteiger partial charge in [0.15, 0.2) is 0 Å². The molecule has 1 spiro atoms. The van der Waals surface area contributed by atoms with E-state index in [1.807, 2.05) is 13.8 Å². The van der Waals surface area contributed by atoms with E-state index in [9.17, 15) is 4.79 Å². The van der Waals surface area contributed by atoms with Gasteiger partial charge in [-0.1, -0.05) is 13.8 Å². The molecular weight excluding hydrogens is 324 g/mol. The maximum Gasteiger partial charge on any atom is 0.222 e. The van der Waals surface area contributed by atoms with Crippen LogP contribution in [-0.4, -0.2) is 86.6 Å². The number of carbonyl (C=O) groups is 1. The molecule has 150 valence electrons. The highest BCUT2D eigenvalue weighted by molar-refractivity contribution is 5.77. The summed E-state index contributed by atoms with van der Waals surface area (Å²) in [5.74, 6) is 1.04. The maximum atomic E-state index is 11.7. The molecule has 0 radical (unpaired) electrons. The van der Waals surface area contributed by atoms with E-state index in [-0.39, 0.29) is 11.8 Å². The van der Waals surface area contributed by atoms with Gasteiger partial charge in [0.1, 0.15) is 0 Å². The zero-order valence-electron chi connectivity index (χ0n) is 17.3. The van der Waals surface area contributed by atoms with E-state index in [1.54, 1.807) is 0 Å². The lowest BCUT2D eigenvalue weighted by Gasteiger charge is -2.52. The quantitative estimate of drug-likeness (QED) is 0.749. The van der Waals surface area contributed by atoms with Crippen molar-refractivity contribution in [2.45, 2.75) is 46.0 Å². The number of likely N-dealkylation sites (tertiary alicyclic amines) is 1. The number of nitrogens with zero attached hydrogens (tertiary/aromatic N) is 3. The van der Waals surface area contributed by atoms with Crippen molar-refractivity contribution in [1.29, 1.82) is 0 Å². The number of hydrogen-bond acceptors (Lipinski definition) is 4. The minimum absolute atomic E-state index is 0.109. The van der Waals surface area contributed by atoms with Crippen molar-refractivity contribution in [2.75, 3.05) is 66.0 Å². The van der Waals surface area contributed by atoms with Crippen molar-refractivity contribution in [3.63, 3.8) is 0 Å². The Hall–Kier alpha value is -0.650. The second kappa shape index (κ2) is 9.03. The fourth-order valence-electron chi connectivity index (χ4n) is 5.01. The summed E-state index contributed by atoms with van der Waals surface area (Å²) in [6, 6.07) is 0. The van der Waals surface area contributed by atoms with E-state index < -0.39 is 0 Å². The molecule has 5 heteroatoms. The SMILES string of the molecule is CC(C)C(=O)NCC1CC2(CCN(CCCN3CCN(C)CC3)CC2)C1. The number of carbonyl (C=O) groups excluding carboxylic acids is 1. The highest BCUT2D eigenvalue weighted by Crippen LogP contribution is 2.52. The van der Waals surface area contributed by atoms with Crippen molar-refractivity contribution in [3.8, 4) is 0 Å². The third kappa shape index (κ3) is 5.43. The van der Waals surface area contributed by atoms with Crippen LogP contribution in [0.2, 0.25) is 0 Å². The largest absolute Gasteiger partial charge is 0.356 e. The van der Waals surface area contributed by atoms with Gasteiger partial charge in [-0.3, -0.25) is 4.79 Å². The lowest BCUT2D eigenvalue weighted by molar-refractivity contribution is -0.124. The average molecular weight is 365 g/mol. The Morgan fingerprint density at radius 2 is 1.58 bits per heavy atom. The predicted octanol–water partition coefficient (Wildman–Crippen LogP) is 1.89. The van der Waals surface area contributed by atoms with Gasteiger partial charge in [0, 0.05) is 38.6 Å². The van der Waals surface area contributed by atoms with Crippen LogP contribution in [0.4, 0.5) is 0 Å². The first-order chi connectivity index (χ1) is 12.5. The summed E-state index contributed by atoms with van der Waals surface area (Å²) in [5.41, 5.74) is 0.612. The molecule has 2 heterocycles.